The molecule has 0 unspecified atom stereocenters. The summed E-state index contributed by atoms with van der Waals surface area (Å²) in [6.45, 7) is 7.40. The number of carbonyl (C=O) groups is 3. The molecule has 0 radical (unpaired) electrons. The van der Waals surface area contributed by atoms with Crippen LogP contribution in [0.4, 0.5) is 4.79 Å². The summed E-state index contributed by atoms with van der Waals surface area (Å²) in [6, 6.07) is 6.64. The van der Waals surface area contributed by atoms with E-state index < -0.39 is 27.6 Å². The third kappa shape index (κ3) is 10.1. The Hall–Kier alpha value is -2.74. The van der Waals surface area contributed by atoms with E-state index in [1.165, 1.54) is 12.1 Å². The summed E-state index contributed by atoms with van der Waals surface area (Å²) in [5.74, 6) is -0.766. The molecular formula is C26H42N4O8S. The van der Waals surface area contributed by atoms with Crippen LogP contribution in [0.1, 0.15) is 58.4 Å². The molecule has 0 atom stereocenters. The lowest BCUT2D eigenvalue weighted by Crippen LogP contribution is -2.71. The van der Waals surface area contributed by atoms with Crippen LogP contribution < -0.4 is 15.8 Å². The Morgan fingerprint density at radius 3 is 2.03 bits per heavy atom. The van der Waals surface area contributed by atoms with Crippen molar-refractivity contribution in [2.24, 2.45) is 5.73 Å². The fourth-order valence-electron chi connectivity index (χ4n) is 4.35. The zero-order valence-corrected chi connectivity index (χ0v) is 23.8. The third-order valence-electron chi connectivity index (χ3n) is 6.45. The molecule has 2 saturated heterocycles. The minimum absolute atomic E-state index is 0.0868. The summed E-state index contributed by atoms with van der Waals surface area (Å²) in [7, 11) is -3.91. The van der Waals surface area contributed by atoms with Gasteiger partial charge in [-0.25, -0.2) is 17.9 Å². The number of aryl methyl sites for hydroxylation is 1. The number of carboxylic acid groups (broad SMARTS) is 1. The number of unbranched alkanes of at least 4 members (excludes halogenated alkanes) is 2. The largest absolute Gasteiger partial charge is 0.466 e. The second-order valence-electron chi connectivity index (χ2n) is 10.1. The number of carbonyl (C=O) groups excluding carboxylic acids is 2. The number of sulfonamides is 1. The second kappa shape index (κ2) is 14.6. The van der Waals surface area contributed by atoms with Gasteiger partial charge in [0.05, 0.1) is 42.0 Å². The first-order valence-corrected chi connectivity index (χ1v) is 14.8. The molecular weight excluding hydrogens is 528 g/mol. The molecule has 3 rings (SSSR count). The van der Waals surface area contributed by atoms with Gasteiger partial charge in [0.15, 0.2) is 0 Å². The number of ether oxygens (including phenoxy) is 2. The SMILES string of the molecule is CCCCCc1ccc(S(=O)(=O)NC2(CC(=O)OCC)CN(C(=O)O)C2)cc1.CCOC(=O)CC1(N)CNC1. The van der Waals surface area contributed by atoms with Crippen LogP contribution in [0, 0.1) is 0 Å². The fraction of sp³-hybridized carbons (Fsp3) is 0.654. The summed E-state index contributed by atoms with van der Waals surface area (Å²) >= 11 is 0. The minimum Gasteiger partial charge on any atom is -0.466 e. The predicted molar refractivity (Wildman–Crippen MR) is 145 cm³/mol. The standard InChI is InChI=1S/C19H28N2O6S.C7H14N2O2/c1-3-5-6-7-15-8-10-16(11-9-15)28(25,26)20-19(12-17(22)27-4-2)13-21(14-19)18(23)24;1-2-11-6(10)3-7(8)4-9-5-7/h8-11,20H,3-7,12-14H2,1-2H3,(H,23,24);9H,2-5,8H2,1H3. The minimum atomic E-state index is -3.91. The zero-order valence-electron chi connectivity index (χ0n) is 23.0. The van der Waals surface area contributed by atoms with Gasteiger partial charge in [-0.05, 0) is 44.4 Å². The van der Waals surface area contributed by atoms with E-state index in [0.717, 1.165) is 36.1 Å². The van der Waals surface area contributed by atoms with E-state index in [9.17, 15) is 22.8 Å². The van der Waals surface area contributed by atoms with E-state index in [4.69, 9.17) is 20.3 Å². The summed E-state index contributed by atoms with van der Waals surface area (Å²) in [5.41, 5.74) is 5.30. The Morgan fingerprint density at radius 2 is 1.56 bits per heavy atom. The monoisotopic (exact) mass is 570 g/mol. The van der Waals surface area contributed by atoms with Crippen molar-refractivity contribution in [3.8, 4) is 0 Å². The zero-order chi connectivity index (χ0) is 29.1. The van der Waals surface area contributed by atoms with Crippen LogP contribution in [-0.4, -0.2) is 86.9 Å². The van der Waals surface area contributed by atoms with Gasteiger partial charge in [-0.15, -0.1) is 0 Å². The number of hydrogen-bond donors (Lipinski definition) is 4. The number of benzene rings is 1. The molecule has 2 heterocycles. The first-order valence-electron chi connectivity index (χ1n) is 13.3. The number of nitrogens with one attached hydrogen (secondary N) is 2. The maximum atomic E-state index is 12.8. The Labute approximate surface area is 230 Å². The average molecular weight is 571 g/mol. The highest BCUT2D eigenvalue weighted by molar-refractivity contribution is 7.89. The third-order valence-corrected chi connectivity index (χ3v) is 8.05. The predicted octanol–water partition coefficient (Wildman–Crippen LogP) is 1.62. The van der Waals surface area contributed by atoms with Gasteiger partial charge in [0.1, 0.15) is 0 Å². The van der Waals surface area contributed by atoms with E-state index >= 15 is 0 Å². The van der Waals surface area contributed by atoms with E-state index in [1.54, 1.807) is 26.0 Å². The Bertz CT molecular complexity index is 1070. The molecule has 1 amide bonds. The molecule has 1 aromatic carbocycles. The van der Waals surface area contributed by atoms with E-state index in [-0.39, 0.29) is 42.5 Å². The molecule has 0 bridgehead atoms. The van der Waals surface area contributed by atoms with Crippen LogP contribution in [0.3, 0.4) is 0 Å². The number of hydrogen-bond acceptors (Lipinski definition) is 9. The summed E-state index contributed by atoms with van der Waals surface area (Å²) < 4.78 is 37.8. The molecule has 220 valence electrons. The number of amides is 1. The van der Waals surface area contributed by atoms with Crippen molar-refractivity contribution in [2.45, 2.75) is 75.3 Å². The number of nitrogens with zero attached hydrogens (tertiary/aromatic N) is 1. The molecule has 12 nitrogen and oxygen atoms in total. The normalized spacial score (nSPS) is 17.1. The highest BCUT2D eigenvalue weighted by Crippen LogP contribution is 2.28. The van der Waals surface area contributed by atoms with Crippen molar-refractivity contribution >= 4 is 28.1 Å². The number of likely N-dealkylation sites (tertiary alicyclic amines) is 1. The van der Waals surface area contributed by atoms with Crippen LogP contribution in [0.2, 0.25) is 0 Å². The smallest absolute Gasteiger partial charge is 0.407 e. The molecule has 13 heteroatoms. The van der Waals surface area contributed by atoms with Gasteiger partial charge in [-0.2, -0.15) is 0 Å². The van der Waals surface area contributed by atoms with Crippen LogP contribution >= 0.6 is 0 Å². The van der Waals surface area contributed by atoms with Gasteiger partial charge in [0.25, 0.3) is 0 Å². The Kier molecular flexibility index (Phi) is 12.1. The van der Waals surface area contributed by atoms with Crippen molar-refractivity contribution in [1.29, 1.82) is 0 Å². The second-order valence-corrected chi connectivity index (χ2v) is 11.7. The number of esters is 2. The average Bonchev–Trinajstić information content (AvgIpc) is 2.82. The lowest BCUT2D eigenvalue weighted by atomic mass is 9.88. The summed E-state index contributed by atoms with van der Waals surface area (Å²) in [4.78, 5) is 35.1. The van der Waals surface area contributed by atoms with E-state index in [2.05, 4.69) is 17.0 Å². The summed E-state index contributed by atoms with van der Waals surface area (Å²) in [5, 5.41) is 12.1. The number of nitrogens with two attached hydrogens (primary N) is 1. The van der Waals surface area contributed by atoms with Crippen molar-refractivity contribution in [3.63, 3.8) is 0 Å². The number of rotatable bonds is 13. The van der Waals surface area contributed by atoms with Crippen molar-refractivity contribution in [3.05, 3.63) is 29.8 Å². The molecule has 2 fully saturated rings. The van der Waals surface area contributed by atoms with Gasteiger partial charge in [-0.3, -0.25) is 9.59 Å². The quantitative estimate of drug-likeness (QED) is 0.201. The van der Waals surface area contributed by atoms with E-state index in [1.807, 2.05) is 0 Å². The lowest BCUT2D eigenvalue weighted by Gasteiger charge is -2.48. The van der Waals surface area contributed by atoms with Gasteiger partial charge in [-0.1, -0.05) is 31.9 Å². The van der Waals surface area contributed by atoms with Gasteiger partial charge in [0.2, 0.25) is 10.0 Å². The molecule has 0 spiro atoms. The molecule has 39 heavy (non-hydrogen) atoms. The molecule has 0 aliphatic carbocycles. The molecule has 5 N–H and O–H groups in total. The maximum Gasteiger partial charge on any atom is 0.407 e. The topological polar surface area (TPSA) is 177 Å². The molecule has 0 saturated carbocycles. The molecule has 2 aliphatic heterocycles. The van der Waals surface area contributed by atoms with Crippen LogP contribution in [0.5, 0.6) is 0 Å². The maximum absolute atomic E-state index is 12.8. The highest BCUT2D eigenvalue weighted by Gasteiger charge is 2.49. The lowest BCUT2D eigenvalue weighted by molar-refractivity contribution is -0.146. The van der Waals surface area contributed by atoms with Crippen molar-refractivity contribution < 1.29 is 37.4 Å². The highest BCUT2D eigenvalue weighted by atomic mass is 32.2. The van der Waals surface area contributed by atoms with Crippen molar-refractivity contribution in [2.75, 3.05) is 39.4 Å². The Balaban J connectivity index is 0.000000404. The van der Waals surface area contributed by atoms with Gasteiger partial charge < -0.3 is 30.5 Å². The van der Waals surface area contributed by atoms with Crippen LogP contribution in [0.15, 0.2) is 29.2 Å². The van der Waals surface area contributed by atoms with E-state index in [0.29, 0.717) is 26.1 Å². The van der Waals surface area contributed by atoms with Crippen LogP contribution in [-0.2, 0) is 35.5 Å². The van der Waals surface area contributed by atoms with Gasteiger partial charge in [0, 0.05) is 26.2 Å². The summed E-state index contributed by atoms with van der Waals surface area (Å²) in [6.07, 6.45) is 3.13. The first-order chi connectivity index (χ1) is 18.4. The molecule has 0 aromatic heterocycles. The fourth-order valence-corrected chi connectivity index (χ4v) is 5.73. The first kappa shape index (κ1) is 32.5. The molecule has 2 aliphatic rings. The van der Waals surface area contributed by atoms with Gasteiger partial charge >= 0.3 is 18.0 Å². The molecule has 1 aromatic rings. The van der Waals surface area contributed by atoms with Crippen LogP contribution in [0.25, 0.3) is 0 Å². The Morgan fingerprint density at radius 1 is 1.00 bits per heavy atom. The van der Waals surface area contributed by atoms with Crippen molar-refractivity contribution in [1.82, 2.24) is 14.9 Å².